The van der Waals surface area contributed by atoms with Gasteiger partial charge in [0.1, 0.15) is 0 Å². The summed E-state index contributed by atoms with van der Waals surface area (Å²) in [5.74, 6) is 0. The molecular weight excluding hydrogens is 336 g/mol. The van der Waals surface area contributed by atoms with E-state index in [0.29, 0.717) is 5.56 Å². The Balaban J connectivity index is 2.73. The molecule has 0 aromatic heterocycles. The highest BCUT2D eigenvalue weighted by atomic mass is 19.3. The van der Waals surface area contributed by atoms with E-state index in [0.717, 1.165) is 16.8 Å². The minimum Gasteiger partial charge on any atom is -0.362 e. The number of benzene rings is 1. The molecule has 6 heteroatoms. The van der Waals surface area contributed by atoms with Crippen LogP contribution in [0.2, 0.25) is 0 Å². The zero-order valence-corrected chi connectivity index (χ0v) is 14.9. The van der Waals surface area contributed by atoms with Crippen LogP contribution in [0.25, 0.3) is 0 Å². The first-order valence-corrected chi connectivity index (χ1v) is 7.94. The van der Waals surface area contributed by atoms with Crippen LogP contribution in [0.3, 0.4) is 0 Å². The van der Waals surface area contributed by atoms with Gasteiger partial charge in [-0.05, 0) is 54.6 Å². The van der Waals surface area contributed by atoms with E-state index in [4.69, 9.17) is 0 Å². The Labute approximate surface area is 153 Å². The maximum atomic E-state index is 12.0. The van der Waals surface area contributed by atoms with Crippen molar-refractivity contribution in [1.29, 1.82) is 0 Å². The van der Waals surface area contributed by atoms with Gasteiger partial charge in [0, 0.05) is 31.3 Å². The highest BCUT2D eigenvalue weighted by molar-refractivity contribution is 5.85. The van der Waals surface area contributed by atoms with Gasteiger partial charge in [0.05, 0.1) is 6.61 Å². The van der Waals surface area contributed by atoms with Gasteiger partial charge in [0.25, 0.3) is 0 Å². The third-order valence-electron chi connectivity index (χ3n) is 3.22. The van der Waals surface area contributed by atoms with Crippen LogP contribution in [0.4, 0.5) is 14.5 Å². The summed E-state index contributed by atoms with van der Waals surface area (Å²) in [6.45, 7) is 2.49. The number of rotatable bonds is 10. The number of ether oxygens (including phenoxy) is 1. The van der Waals surface area contributed by atoms with Gasteiger partial charge in [-0.25, -0.2) is 0 Å². The van der Waals surface area contributed by atoms with Gasteiger partial charge in [-0.2, -0.15) is 8.78 Å². The molecule has 0 saturated heterocycles. The second-order valence-electron chi connectivity index (χ2n) is 5.02. The van der Waals surface area contributed by atoms with E-state index in [2.05, 4.69) is 26.8 Å². The lowest BCUT2D eigenvalue weighted by molar-refractivity contribution is -0.137. The lowest BCUT2D eigenvalue weighted by Crippen LogP contribution is -1.99. The summed E-state index contributed by atoms with van der Waals surface area (Å²) in [5, 5.41) is 3.11. The van der Waals surface area contributed by atoms with Crippen molar-refractivity contribution in [3.63, 3.8) is 0 Å². The average molecular weight is 359 g/mol. The van der Waals surface area contributed by atoms with Crippen LogP contribution in [0, 0.1) is 0 Å². The summed E-state index contributed by atoms with van der Waals surface area (Å²) in [6.07, 6.45) is 12.7. The number of aliphatic imine (C=N–C) groups is 2. The van der Waals surface area contributed by atoms with E-state index in [1.54, 1.807) is 49.9 Å². The molecule has 0 atom stereocenters. The molecule has 138 valence electrons. The molecule has 26 heavy (non-hydrogen) atoms. The second kappa shape index (κ2) is 12.5. The molecule has 0 amide bonds. The third kappa shape index (κ3) is 8.30. The largest absolute Gasteiger partial charge is 0.362 e. The highest BCUT2D eigenvalue weighted by Gasteiger charge is 2.02. The first kappa shape index (κ1) is 21.2. The topological polar surface area (TPSA) is 46.0 Å². The maximum absolute atomic E-state index is 12.0. The molecule has 0 heterocycles. The Morgan fingerprint density at radius 3 is 2.58 bits per heavy atom. The van der Waals surface area contributed by atoms with Gasteiger partial charge >= 0.3 is 6.61 Å². The van der Waals surface area contributed by atoms with Crippen LogP contribution in [0.15, 0.2) is 82.1 Å². The van der Waals surface area contributed by atoms with Crippen LogP contribution in [-0.4, -0.2) is 26.6 Å². The fraction of sp³-hybridized carbons (Fsp3) is 0.200. The van der Waals surface area contributed by atoms with E-state index in [1.807, 2.05) is 31.2 Å². The molecule has 0 aliphatic rings. The molecule has 0 saturated carbocycles. The molecule has 0 bridgehead atoms. The van der Waals surface area contributed by atoms with E-state index in [1.165, 1.54) is 0 Å². The van der Waals surface area contributed by atoms with Crippen molar-refractivity contribution in [2.75, 3.05) is 12.4 Å². The quantitative estimate of drug-likeness (QED) is 0.464. The van der Waals surface area contributed by atoms with Gasteiger partial charge in [0.15, 0.2) is 0 Å². The summed E-state index contributed by atoms with van der Waals surface area (Å²) < 4.78 is 28.3. The van der Waals surface area contributed by atoms with Crippen molar-refractivity contribution >= 4 is 18.6 Å². The normalized spacial score (nSPS) is 13.4. The molecule has 0 fully saturated rings. The second-order valence-corrected chi connectivity index (χ2v) is 5.02. The molecule has 1 rings (SSSR count). The van der Waals surface area contributed by atoms with E-state index >= 15 is 0 Å². The summed E-state index contributed by atoms with van der Waals surface area (Å²) in [4.78, 5) is 7.76. The van der Waals surface area contributed by atoms with Gasteiger partial charge in [-0.1, -0.05) is 24.3 Å². The maximum Gasteiger partial charge on any atom is 0.345 e. The van der Waals surface area contributed by atoms with Crippen LogP contribution >= 0.6 is 0 Å². The predicted octanol–water partition coefficient (Wildman–Crippen LogP) is 5.14. The first-order chi connectivity index (χ1) is 12.6. The molecule has 1 N–H and O–H groups in total. The van der Waals surface area contributed by atoms with E-state index in [9.17, 15) is 8.78 Å². The minimum absolute atomic E-state index is 0.116. The van der Waals surface area contributed by atoms with Crippen LogP contribution in [0.5, 0.6) is 0 Å². The molecule has 0 aliphatic heterocycles. The fourth-order valence-electron chi connectivity index (χ4n) is 1.99. The lowest BCUT2D eigenvalue weighted by atomic mass is 10.1. The molecule has 1 aromatic carbocycles. The Bertz CT molecular complexity index is 702. The van der Waals surface area contributed by atoms with Gasteiger partial charge in [0.2, 0.25) is 0 Å². The van der Waals surface area contributed by atoms with Crippen LogP contribution < -0.4 is 5.32 Å². The number of nitrogens with one attached hydrogen (secondary N) is 1. The van der Waals surface area contributed by atoms with Crippen LogP contribution in [0.1, 0.15) is 12.5 Å². The Hall–Kier alpha value is -2.86. The van der Waals surface area contributed by atoms with Crippen molar-refractivity contribution in [3.8, 4) is 0 Å². The van der Waals surface area contributed by atoms with Gasteiger partial charge in [-0.15, -0.1) is 0 Å². The minimum atomic E-state index is -2.76. The smallest absolute Gasteiger partial charge is 0.345 e. The SMILES string of the molecule is C=N\C=C/C(=C/C=C\Nc1ccc(COC(F)F)cc1)C(/C=N\C)=C\C. The zero-order valence-electron chi connectivity index (χ0n) is 14.9. The Kier molecular flexibility index (Phi) is 10.2. The van der Waals surface area contributed by atoms with Gasteiger partial charge in [-0.3, -0.25) is 9.98 Å². The number of hydrogen-bond acceptors (Lipinski definition) is 4. The van der Waals surface area contributed by atoms with Crippen LogP contribution in [-0.2, 0) is 11.3 Å². The van der Waals surface area contributed by atoms with Crippen molar-refractivity contribution in [2.45, 2.75) is 20.1 Å². The first-order valence-electron chi connectivity index (χ1n) is 7.94. The summed E-state index contributed by atoms with van der Waals surface area (Å²) in [6, 6.07) is 7.05. The summed E-state index contributed by atoms with van der Waals surface area (Å²) >= 11 is 0. The summed E-state index contributed by atoms with van der Waals surface area (Å²) in [5.41, 5.74) is 3.41. The molecule has 1 aromatic rings. The number of hydrogen-bond donors (Lipinski definition) is 1. The number of nitrogens with zero attached hydrogens (tertiary/aromatic N) is 2. The van der Waals surface area contributed by atoms with Crippen molar-refractivity contribution < 1.29 is 13.5 Å². The highest BCUT2D eigenvalue weighted by Crippen LogP contribution is 2.13. The Morgan fingerprint density at radius 1 is 1.27 bits per heavy atom. The molecule has 0 aliphatic carbocycles. The number of alkyl halides is 2. The van der Waals surface area contributed by atoms with Crippen molar-refractivity contribution in [2.24, 2.45) is 9.98 Å². The third-order valence-corrected chi connectivity index (χ3v) is 3.22. The number of anilines is 1. The zero-order chi connectivity index (χ0) is 19.2. The summed E-state index contributed by atoms with van der Waals surface area (Å²) in [7, 11) is 1.71. The lowest BCUT2D eigenvalue weighted by Gasteiger charge is -2.05. The van der Waals surface area contributed by atoms with E-state index < -0.39 is 6.61 Å². The van der Waals surface area contributed by atoms with E-state index in [-0.39, 0.29) is 6.61 Å². The molecule has 0 radical (unpaired) electrons. The van der Waals surface area contributed by atoms with Crippen molar-refractivity contribution in [1.82, 2.24) is 0 Å². The standard InChI is InChI=1S/C20H23F2N3O/c1-4-17(14-24-3)18(11-13-23-2)6-5-12-25-19-9-7-16(8-10-19)15-26-20(21)22/h4-14,20,25H,2,15H2,1,3H3/b12-5-,13-11-,17-4-,18-6-,24-14-. The number of halogens is 2. The fourth-order valence-corrected chi connectivity index (χ4v) is 1.99. The van der Waals surface area contributed by atoms with Gasteiger partial charge < -0.3 is 10.1 Å². The molecule has 0 unspecified atom stereocenters. The van der Waals surface area contributed by atoms with Crippen molar-refractivity contribution in [3.05, 3.63) is 77.7 Å². The molecule has 0 spiro atoms. The monoisotopic (exact) mass is 359 g/mol. The molecule has 4 nitrogen and oxygen atoms in total. The molecular formula is C20H23F2N3O. The average Bonchev–Trinajstić information content (AvgIpc) is 2.65. The number of allylic oxidation sites excluding steroid dienone is 6. The Morgan fingerprint density at radius 2 is 2.00 bits per heavy atom. The predicted molar refractivity (Wildman–Crippen MR) is 105 cm³/mol.